The zero-order chi connectivity index (χ0) is 88.8. The van der Waals surface area contributed by atoms with Gasteiger partial charge in [-0.15, -0.1) is 45.3 Å². The number of thiophene rings is 4. The molecule has 0 spiro atoms. The van der Waals surface area contributed by atoms with Crippen LogP contribution in [0.2, 0.25) is 15.1 Å². The van der Waals surface area contributed by atoms with Crippen LogP contribution in [0.15, 0.2) is 186 Å². The highest BCUT2D eigenvalue weighted by atomic mass is 79.9. The number of aromatic nitrogens is 4. The van der Waals surface area contributed by atoms with E-state index < -0.39 is 30.9 Å². The Labute approximate surface area is 757 Å². The van der Waals surface area contributed by atoms with E-state index >= 15 is 0 Å². The van der Waals surface area contributed by atoms with Crippen LogP contribution in [-0.4, -0.2) is 126 Å². The number of nitrogens with one attached hydrogen (secondary N) is 1. The van der Waals surface area contributed by atoms with Gasteiger partial charge in [-0.3, -0.25) is 24.7 Å². The molecule has 3 fully saturated rings. The fourth-order valence-corrected chi connectivity index (χ4v) is 17.7. The number of carbonyl (C=O) groups excluding carboxylic acids is 1. The molecule has 8 aromatic heterocycles. The lowest BCUT2D eigenvalue weighted by molar-refractivity contribution is -0.0494. The normalized spacial score (nSPS) is 15.2. The highest BCUT2D eigenvalue weighted by molar-refractivity contribution is 9.11. The maximum Gasteiger partial charge on any atom is 0.494 e. The molecule has 3 aliphatic heterocycles. The summed E-state index contributed by atoms with van der Waals surface area (Å²) in [5.74, 6) is -7.42. The van der Waals surface area contributed by atoms with Gasteiger partial charge in [-0.25, -0.2) is 27.2 Å². The fourth-order valence-electron chi connectivity index (χ4n) is 11.6. The Bertz CT molecular complexity index is 5290. The Morgan fingerprint density at radius 1 is 0.467 bits per heavy atom. The minimum Gasteiger partial charge on any atom is -0.478 e. The Balaban J connectivity index is 0.000000183. The molecule has 0 atom stereocenters. The molecule has 3 aliphatic rings. The lowest BCUT2D eigenvalue weighted by atomic mass is 9.77. The van der Waals surface area contributed by atoms with E-state index in [-0.39, 0.29) is 106 Å². The molecule has 0 saturated carbocycles. The van der Waals surface area contributed by atoms with Crippen molar-refractivity contribution in [2.45, 2.75) is 181 Å². The third-order valence-electron chi connectivity index (χ3n) is 19.5. The van der Waals surface area contributed by atoms with Crippen LogP contribution < -0.4 is 16.2 Å². The maximum absolute atomic E-state index is 13.4. The number of carbonyl (C=O) groups is 3. The number of pyridine rings is 4. The first-order valence-corrected chi connectivity index (χ1v) is 45.3. The van der Waals surface area contributed by atoms with Crippen LogP contribution in [0.1, 0.15) is 190 Å². The van der Waals surface area contributed by atoms with Crippen molar-refractivity contribution in [1.82, 2.24) is 30.2 Å². The second-order valence-corrected chi connectivity index (χ2v) is 41.9. The highest BCUT2D eigenvalue weighted by Crippen LogP contribution is 2.42. The molecular formula is C89H98B2Br3Cl3F4N6O9S4. The van der Waals surface area contributed by atoms with Crippen LogP contribution in [0.5, 0.6) is 0 Å². The van der Waals surface area contributed by atoms with Gasteiger partial charge in [-0.05, 0) is 229 Å². The molecule has 3 saturated heterocycles. The molecule has 0 bridgehead atoms. The molecule has 15 nitrogen and oxygen atoms in total. The molecule has 11 heterocycles. The predicted molar refractivity (Wildman–Crippen MR) is 498 cm³/mol. The van der Waals surface area contributed by atoms with Crippen molar-refractivity contribution < 1.29 is 61.5 Å². The van der Waals surface area contributed by atoms with Crippen molar-refractivity contribution in [2.75, 3.05) is 26.2 Å². The smallest absolute Gasteiger partial charge is 0.478 e. The zero-order valence-corrected chi connectivity index (χ0v) is 79.8. The summed E-state index contributed by atoms with van der Waals surface area (Å²) < 4.78 is 66.7. The molecule has 0 unspecified atom stereocenters. The Hall–Kier alpha value is -6.57. The number of alkyl halides is 4. The van der Waals surface area contributed by atoms with E-state index in [0.29, 0.717) is 28.7 Å². The van der Waals surface area contributed by atoms with Gasteiger partial charge in [0.25, 0.3) is 17.8 Å². The van der Waals surface area contributed by atoms with Gasteiger partial charge >= 0.3 is 26.2 Å². The van der Waals surface area contributed by atoms with Crippen LogP contribution in [0.3, 0.4) is 0 Å². The van der Waals surface area contributed by atoms with Crippen molar-refractivity contribution in [2.24, 2.45) is 0 Å². The highest BCUT2D eigenvalue weighted by Gasteiger charge is 2.52. The quantitative estimate of drug-likeness (QED) is 0.0636. The minimum absolute atomic E-state index is 0.00694. The van der Waals surface area contributed by atoms with Crippen LogP contribution >= 0.6 is 128 Å². The van der Waals surface area contributed by atoms with Crippen molar-refractivity contribution in [3.63, 3.8) is 0 Å². The van der Waals surface area contributed by atoms with E-state index in [1.165, 1.54) is 43.4 Å². The van der Waals surface area contributed by atoms with Crippen molar-refractivity contribution in [3.05, 3.63) is 241 Å². The zero-order valence-electron chi connectivity index (χ0n) is 69.5. The van der Waals surface area contributed by atoms with Crippen molar-refractivity contribution in [1.29, 1.82) is 0 Å². The first kappa shape index (κ1) is 98.9. The molecule has 0 radical (unpaired) electrons. The average molecular weight is 1970 g/mol. The molecule has 638 valence electrons. The molecule has 120 heavy (non-hydrogen) atoms. The summed E-state index contributed by atoms with van der Waals surface area (Å²) >= 11 is 35.2. The largest absolute Gasteiger partial charge is 0.494 e. The number of hydrogen-bond acceptors (Lipinski definition) is 16. The molecule has 31 heteroatoms. The van der Waals surface area contributed by atoms with Crippen LogP contribution in [0, 0.1) is 0 Å². The topological polar surface area (TPSA) is 217 Å². The molecule has 0 aliphatic carbocycles. The predicted octanol–water partition coefficient (Wildman–Crippen LogP) is 25.0. The van der Waals surface area contributed by atoms with Crippen LogP contribution in [0.4, 0.5) is 17.6 Å². The van der Waals surface area contributed by atoms with Gasteiger partial charge in [0.1, 0.15) is 0 Å². The number of amides is 1. The molecule has 3 aromatic carbocycles. The molecule has 1 amide bonds. The van der Waals surface area contributed by atoms with E-state index in [1.807, 2.05) is 71.3 Å². The minimum atomic E-state index is -2.68. The summed E-state index contributed by atoms with van der Waals surface area (Å²) in [5.41, 5.74) is 12.6. The van der Waals surface area contributed by atoms with E-state index in [2.05, 4.69) is 238 Å². The number of carboxylic acid groups (broad SMARTS) is 2. The van der Waals surface area contributed by atoms with Crippen LogP contribution in [-0.2, 0) is 31.0 Å². The number of likely N-dealkylation sites (tertiary alicyclic amines) is 1. The summed E-state index contributed by atoms with van der Waals surface area (Å²) in [6.07, 6.45) is 6.82. The number of carboxylic acids is 2. The molecule has 14 rings (SSSR count). The Morgan fingerprint density at radius 3 is 1.18 bits per heavy atom. The summed E-state index contributed by atoms with van der Waals surface area (Å²) in [6.45, 7) is 35.2. The first-order chi connectivity index (χ1) is 55.8. The number of halogens is 10. The lowest BCUT2D eigenvalue weighted by Crippen LogP contribution is -2.42. The summed E-state index contributed by atoms with van der Waals surface area (Å²) in [6, 6.07) is 38.5. The average Bonchev–Trinajstić information content (AvgIpc) is 1.61. The standard InChI is InChI=1S/C25H25ClF2N2OS.C20H18ClNO2S.C15H24BNO2.C13H14BrNS.C7H6BClO4.C5H9F2N.C4H2Br2S/c1-24(2,3)22-14-16(6-9-29-22)21-13-18(15-32-21)19-5-4-17(12-20(19)26)23(31)30-10-7-25(27,28)8-11-30;1-20(2,3)18-10-12(6-7-22-18)17-9-14(11-25-17)15-5-4-13(19(23)24)8-16(15)21;1-13(2,3)12-10-11(8-9-17-12)16-18-14(4,5)15(6,7)19-16;1-13(2,3)12-6-9(4-5-15-12)11-7-10(14)8-16-11;9-6-3-4(7(10)11)1-2-5(6)8(12)13;6-5(7)1-3-8-4-2-5;5-3-1-4(6)7-2-3/h4-6,9,12-15H,7-8,10-11H2,1-3H3;4-11H,1-3H3,(H,23,24);8-10H,1-7H3;4-8H,1-3H3;1-3,12-13H,(H,10,11);8H,1-4H2;1-2H. The van der Waals surface area contributed by atoms with Crippen LogP contribution in [0.25, 0.3) is 53.6 Å². The number of hydrogen-bond donors (Lipinski definition) is 5. The van der Waals surface area contributed by atoms with E-state index in [0.717, 1.165) is 80.3 Å². The van der Waals surface area contributed by atoms with E-state index in [1.54, 1.807) is 69.6 Å². The number of benzene rings is 3. The molecule has 5 N–H and O–H groups in total. The van der Waals surface area contributed by atoms with Gasteiger partial charge in [-0.2, -0.15) is 0 Å². The van der Waals surface area contributed by atoms with Gasteiger partial charge < -0.3 is 39.8 Å². The Morgan fingerprint density at radius 2 is 0.833 bits per heavy atom. The van der Waals surface area contributed by atoms with Gasteiger partial charge in [0.05, 0.1) is 26.1 Å². The second-order valence-electron chi connectivity index (χ2n) is 33.8. The molecular weight excluding hydrogens is 1870 g/mol. The monoisotopic (exact) mass is 1960 g/mol. The van der Waals surface area contributed by atoms with Crippen molar-refractivity contribution >= 4 is 171 Å². The van der Waals surface area contributed by atoms with Gasteiger partial charge in [-0.1, -0.05) is 136 Å². The summed E-state index contributed by atoms with van der Waals surface area (Å²) in [5, 5.41) is 47.1. The number of nitrogens with zero attached hydrogens (tertiary/aromatic N) is 5. The fraction of sp³-hybridized carbons (Fsp3) is 0.360. The van der Waals surface area contributed by atoms with E-state index in [9.17, 15) is 31.9 Å². The van der Waals surface area contributed by atoms with E-state index in [4.69, 9.17) is 64.4 Å². The molecule has 11 aromatic rings. The maximum atomic E-state index is 13.4. The SMILES string of the molecule is Brc1csc(Br)c1.CC(C)(C)c1cc(-c2cc(-c3ccc(C(=O)N4CCC(F)(F)CC4)cc3Cl)cs2)ccn1.CC(C)(C)c1cc(-c2cc(-c3ccc(C(=O)O)cc3Cl)cs2)ccn1.CC(C)(C)c1cc(-c2cc(Br)cs2)ccn1.CC(C)(C)c1cc(B2OC(C)(C)C(C)(C)O2)ccn1.FC1(F)CCNCC1.O=C(O)c1ccc(B(O)O)c(Cl)c1. The summed E-state index contributed by atoms with van der Waals surface area (Å²) in [4.78, 5) is 57.1. The van der Waals surface area contributed by atoms with Gasteiger partial charge in [0.2, 0.25) is 0 Å². The first-order valence-electron chi connectivity index (χ1n) is 38.3. The van der Waals surface area contributed by atoms with Crippen molar-refractivity contribution in [3.8, 4) is 53.6 Å². The Kier molecular flexibility index (Phi) is 34.6. The number of rotatable bonds is 10. The second kappa shape index (κ2) is 41.9. The lowest BCUT2D eigenvalue weighted by Gasteiger charge is -2.32. The number of piperidine rings is 2. The summed E-state index contributed by atoms with van der Waals surface area (Å²) in [7, 11) is -2.00. The third kappa shape index (κ3) is 28.7. The number of aromatic carboxylic acids is 2. The third-order valence-corrected chi connectivity index (χ3v) is 26.4. The van der Waals surface area contributed by atoms with Gasteiger partial charge in [0.15, 0.2) is 0 Å². The van der Waals surface area contributed by atoms with Gasteiger partial charge in [0, 0.05) is 193 Å².